The summed E-state index contributed by atoms with van der Waals surface area (Å²) in [4.78, 5) is 39.5. The Morgan fingerprint density at radius 2 is 1.72 bits per heavy atom. The molecule has 0 aliphatic carbocycles. The number of hydrogen-bond donors (Lipinski definition) is 2. The van der Waals surface area contributed by atoms with Crippen molar-refractivity contribution in [2.45, 2.75) is 51.7 Å². The molecule has 4 aliphatic rings. The van der Waals surface area contributed by atoms with Gasteiger partial charge in [0, 0.05) is 38.0 Å². The molecule has 6 bridgehead atoms. The summed E-state index contributed by atoms with van der Waals surface area (Å²) in [7, 11) is 0. The van der Waals surface area contributed by atoms with Gasteiger partial charge in [-0.05, 0) is 54.7 Å². The summed E-state index contributed by atoms with van der Waals surface area (Å²) < 4.78 is 49.0. The van der Waals surface area contributed by atoms with E-state index in [0.717, 1.165) is 24.0 Å². The van der Waals surface area contributed by atoms with E-state index in [2.05, 4.69) is 25.6 Å². The number of hydrogen-bond acceptors (Lipinski definition) is 8. The second-order valence-corrected chi connectivity index (χ2v) is 10.1. The molecule has 2 aromatic carbocycles. The first-order chi connectivity index (χ1) is 20.7. The predicted octanol–water partition coefficient (Wildman–Crippen LogP) is 4.55. The third-order valence-electron chi connectivity index (χ3n) is 6.57. The zero-order valence-electron chi connectivity index (χ0n) is 24.0. The van der Waals surface area contributed by atoms with Crippen molar-refractivity contribution in [1.82, 2.24) is 25.2 Å². The zero-order valence-corrected chi connectivity index (χ0v) is 24.0. The number of nitrogens with one attached hydrogen (secondary N) is 2. The van der Waals surface area contributed by atoms with Crippen LogP contribution in [0, 0.1) is 0 Å². The van der Waals surface area contributed by atoms with E-state index in [0.29, 0.717) is 50.4 Å². The number of alkyl halides is 3. The summed E-state index contributed by atoms with van der Waals surface area (Å²) >= 11 is 0. The number of nitrogens with zero attached hydrogens (tertiary/aromatic N) is 4. The van der Waals surface area contributed by atoms with E-state index in [4.69, 9.17) is 9.47 Å². The van der Waals surface area contributed by atoms with Gasteiger partial charge in [-0.1, -0.05) is 31.2 Å². The second kappa shape index (κ2) is 15.2. The van der Waals surface area contributed by atoms with Crippen molar-refractivity contribution in [3.8, 4) is 11.8 Å². The molecule has 0 radical (unpaired) electrons. The lowest BCUT2D eigenvalue weighted by Gasteiger charge is -2.23. The molecular weight excluding hydrogens is 565 g/mol. The first kappa shape index (κ1) is 31.5. The SMILES string of the molecule is CCCC(=O)N1CCCCNC(=O)c2ccc(cc2)Cc2nc(nc(OCC(F)(F)F)n2)NCc2ccc(cc2)OCC1. The number of rotatable bonds is 4. The van der Waals surface area contributed by atoms with E-state index < -0.39 is 18.8 Å². The van der Waals surface area contributed by atoms with Gasteiger partial charge >= 0.3 is 12.2 Å². The lowest BCUT2D eigenvalue weighted by atomic mass is 10.1. The Bertz CT molecular complexity index is 1350. The fourth-order valence-electron chi connectivity index (χ4n) is 4.35. The molecule has 0 saturated heterocycles. The molecule has 13 heteroatoms. The number of carbonyl (C=O) groups excluding carboxylic acids is 2. The van der Waals surface area contributed by atoms with E-state index in [-0.39, 0.29) is 36.6 Å². The van der Waals surface area contributed by atoms with Gasteiger partial charge in [0.2, 0.25) is 11.9 Å². The first-order valence-electron chi connectivity index (χ1n) is 14.2. The van der Waals surface area contributed by atoms with Crippen molar-refractivity contribution in [2.75, 3.05) is 38.2 Å². The number of halogens is 3. The molecule has 5 heterocycles. The van der Waals surface area contributed by atoms with Gasteiger partial charge < -0.3 is 25.0 Å². The smallest absolute Gasteiger partial charge is 0.422 e. The number of ether oxygens (including phenoxy) is 2. The summed E-state index contributed by atoms with van der Waals surface area (Å²) in [5.74, 6) is 0.751. The van der Waals surface area contributed by atoms with Crippen LogP contribution in [0.25, 0.3) is 0 Å². The van der Waals surface area contributed by atoms with Crippen LogP contribution in [0.3, 0.4) is 0 Å². The highest BCUT2D eigenvalue weighted by Crippen LogP contribution is 2.19. The van der Waals surface area contributed by atoms with Crippen molar-refractivity contribution in [2.24, 2.45) is 0 Å². The van der Waals surface area contributed by atoms with E-state index in [1.165, 1.54) is 0 Å². The molecule has 2 N–H and O–H groups in total. The monoisotopic (exact) mass is 600 g/mol. The molecule has 43 heavy (non-hydrogen) atoms. The number of aromatic nitrogens is 3. The fourth-order valence-corrected chi connectivity index (χ4v) is 4.35. The minimum atomic E-state index is -4.55. The topological polar surface area (TPSA) is 119 Å². The van der Waals surface area contributed by atoms with Gasteiger partial charge in [-0.3, -0.25) is 9.59 Å². The molecule has 0 fully saturated rings. The normalized spacial score (nSPS) is 15.2. The number of anilines is 1. The van der Waals surface area contributed by atoms with Gasteiger partial charge in [0.1, 0.15) is 18.2 Å². The Hall–Kier alpha value is -4.42. The summed E-state index contributed by atoms with van der Waals surface area (Å²) in [6.45, 7) is 2.53. The first-order valence-corrected chi connectivity index (χ1v) is 14.2. The standard InChI is InChI=1S/C30H35F3N6O4/c1-2-5-26(40)39-15-4-3-14-34-27(41)23-10-6-21(7-11-23)18-25-36-28(38-29(37-25)43-20-30(31,32)33)35-19-22-8-12-24(13-9-22)42-17-16-39/h6-13H,2-5,14-20H2,1H3,(H,34,41)(H,35,36,37,38). The van der Waals surface area contributed by atoms with Crippen LogP contribution in [0.5, 0.6) is 11.8 Å². The van der Waals surface area contributed by atoms with Crippen LogP contribution >= 0.6 is 0 Å². The summed E-state index contributed by atoms with van der Waals surface area (Å²) in [6.07, 6.45) is -1.71. The number of amides is 2. The largest absolute Gasteiger partial charge is 0.492 e. The molecule has 0 spiro atoms. The van der Waals surface area contributed by atoms with E-state index >= 15 is 0 Å². The summed E-state index contributed by atoms with van der Waals surface area (Å²) in [5.41, 5.74) is 2.07. The van der Waals surface area contributed by atoms with Gasteiger partial charge in [0.05, 0.1) is 6.54 Å². The van der Waals surface area contributed by atoms with Crippen LogP contribution in [-0.2, 0) is 17.8 Å². The van der Waals surface area contributed by atoms with E-state index in [9.17, 15) is 22.8 Å². The van der Waals surface area contributed by atoms with Crippen molar-refractivity contribution in [1.29, 1.82) is 0 Å². The van der Waals surface area contributed by atoms with Gasteiger partial charge in [0.25, 0.3) is 5.91 Å². The lowest BCUT2D eigenvalue weighted by Crippen LogP contribution is -2.35. The Kier molecular flexibility index (Phi) is 11.1. The molecule has 4 aliphatic heterocycles. The summed E-state index contributed by atoms with van der Waals surface area (Å²) in [5, 5.41) is 5.92. The van der Waals surface area contributed by atoms with Crippen LogP contribution in [0.4, 0.5) is 19.1 Å². The molecule has 0 atom stereocenters. The number of carbonyl (C=O) groups is 2. The van der Waals surface area contributed by atoms with Crippen LogP contribution in [0.2, 0.25) is 0 Å². The lowest BCUT2D eigenvalue weighted by molar-refractivity contribution is -0.154. The molecule has 3 aromatic rings. The zero-order chi connectivity index (χ0) is 30.7. The quantitative estimate of drug-likeness (QED) is 0.448. The Morgan fingerprint density at radius 1 is 0.977 bits per heavy atom. The third-order valence-corrected chi connectivity index (χ3v) is 6.57. The van der Waals surface area contributed by atoms with Crippen LogP contribution in [0.1, 0.15) is 59.9 Å². The van der Waals surface area contributed by atoms with Gasteiger partial charge in [0.15, 0.2) is 6.61 Å². The predicted molar refractivity (Wildman–Crippen MR) is 153 cm³/mol. The maximum absolute atomic E-state index is 12.8. The molecule has 1 aromatic heterocycles. The summed E-state index contributed by atoms with van der Waals surface area (Å²) in [6, 6.07) is 13.7. The number of benzene rings is 2. The molecular formula is C30H35F3N6O4. The Balaban J connectivity index is 1.54. The van der Waals surface area contributed by atoms with Crippen molar-refractivity contribution in [3.05, 3.63) is 71.0 Å². The van der Waals surface area contributed by atoms with Gasteiger partial charge in [-0.25, -0.2) is 0 Å². The van der Waals surface area contributed by atoms with Crippen molar-refractivity contribution >= 4 is 17.8 Å². The van der Waals surface area contributed by atoms with Crippen LogP contribution in [0.15, 0.2) is 48.5 Å². The fraction of sp³-hybridized carbons (Fsp3) is 0.433. The Labute approximate surface area is 248 Å². The molecule has 0 saturated carbocycles. The molecule has 10 nitrogen and oxygen atoms in total. The third kappa shape index (κ3) is 10.4. The highest BCUT2D eigenvalue weighted by Gasteiger charge is 2.29. The average Bonchev–Trinajstić information content (AvgIpc) is 2.98. The van der Waals surface area contributed by atoms with Gasteiger partial charge in [-0.2, -0.15) is 28.1 Å². The average molecular weight is 601 g/mol. The molecule has 2 amide bonds. The Morgan fingerprint density at radius 3 is 2.44 bits per heavy atom. The van der Waals surface area contributed by atoms with Gasteiger partial charge in [-0.15, -0.1) is 0 Å². The second-order valence-electron chi connectivity index (χ2n) is 10.1. The van der Waals surface area contributed by atoms with E-state index in [1.54, 1.807) is 41.3 Å². The van der Waals surface area contributed by atoms with Crippen molar-refractivity contribution in [3.63, 3.8) is 0 Å². The van der Waals surface area contributed by atoms with E-state index in [1.807, 2.05) is 19.1 Å². The van der Waals surface area contributed by atoms with Crippen LogP contribution < -0.4 is 20.1 Å². The minimum absolute atomic E-state index is 0.0600. The molecule has 0 unspecified atom stereocenters. The van der Waals surface area contributed by atoms with Crippen molar-refractivity contribution < 1.29 is 32.2 Å². The molecule has 7 rings (SSSR count). The highest BCUT2D eigenvalue weighted by atomic mass is 19.4. The molecule has 230 valence electrons. The minimum Gasteiger partial charge on any atom is -0.492 e. The van der Waals surface area contributed by atoms with Crippen LogP contribution in [-0.4, -0.2) is 70.7 Å². The highest BCUT2D eigenvalue weighted by molar-refractivity contribution is 5.94. The maximum Gasteiger partial charge on any atom is 0.422 e. The maximum atomic E-state index is 12.8.